The Labute approximate surface area is 173 Å². The molecule has 30 heavy (non-hydrogen) atoms. The zero-order valence-corrected chi connectivity index (χ0v) is 16.5. The molecule has 0 atom stereocenters. The molecule has 8 nitrogen and oxygen atoms in total. The van der Waals surface area contributed by atoms with Crippen molar-refractivity contribution >= 4 is 12.0 Å². The van der Waals surface area contributed by atoms with E-state index in [-0.39, 0.29) is 19.1 Å². The van der Waals surface area contributed by atoms with Crippen LogP contribution in [0.2, 0.25) is 0 Å². The fourth-order valence-electron chi connectivity index (χ4n) is 2.50. The smallest absolute Gasteiger partial charge is 0.331 e. The number of rotatable bonds is 8. The van der Waals surface area contributed by atoms with Gasteiger partial charge in [0.1, 0.15) is 6.07 Å². The molecule has 0 spiro atoms. The van der Waals surface area contributed by atoms with Gasteiger partial charge in [0.05, 0.1) is 7.11 Å². The van der Waals surface area contributed by atoms with E-state index < -0.39 is 5.97 Å². The zero-order valence-electron chi connectivity index (χ0n) is 16.5. The van der Waals surface area contributed by atoms with Gasteiger partial charge in [-0.2, -0.15) is 10.2 Å². The molecule has 152 valence electrons. The summed E-state index contributed by atoms with van der Waals surface area (Å²) in [6.45, 7) is 1.77. The number of hydrogen-bond acceptors (Lipinski definition) is 8. The van der Waals surface area contributed by atoms with Crippen LogP contribution in [0.5, 0.6) is 11.5 Å². The quantitative estimate of drug-likeness (QED) is 0.412. The van der Waals surface area contributed by atoms with Crippen molar-refractivity contribution in [1.82, 2.24) is 10.1 Å². The Morgan fingerprint density at radius 2 is 2.00 bits per heavy atom. The van der Waals surface area contributed by atoms with Crippen LogP contribution in [0.25, 0.3) is 17.5 Å². The van der Waals surface area contributed by atoms with Gasteiger partial charge in [0.25, 0.3) is 5.89 Å². The first-order valence-electron chi connectivity index (χ1n) is 9.01. The Balaban J connectivity index is 1.56. The van der Waals surface area contributed by atoms with Gasteiger partial charge in [-0.15, -0.1) is 0 Å². The molecule has 0 aliphatic heterocycles. The molecule has 0 amide bonds. The molecule has 3 aromatic rings. The highest BCUT2D eigenvalue weighted by Crippen LogP contribution is 2.28. The highest BCUT2D eigenvalue weighted by atomic mass is 16.6. The molecule has 0 aliphatic carbocycles. The minimum absolute atomic E-state index is 0.0842. The van der Waals surface area contributed by atoms with Gasteiger partial charge in [-0.1, -0.05) is 41.1 Å². The number of aromatic nitrogens is 2. The third kappa shape index (κ3) is 5.45. The summed E-state index contributed by atoms with van der Waals surface area (Å²) >= 11 is 0. The van der Waals surface area contributed by atoms with Gasteiger partial charge in [-0.25, -0.2) is 4.79 Å². The molecule has 0 fully saturated rings. The van der Waals surface area contributed by atoms with E-state index >= 15 is 0 Å². The molecular weight excluding hydrogens is 386 g/mol. The standard InChI is InChI=1S/C22H19N3O5/c1-15-3-7-17(8-4-15)22-24-20(30-25-22)14-29-21(26)10-6-16-5-9-18(28-12-11-23)19(13-16)27-2/h3-10,13H,12,14H2,1-2H3/b10-6+. The van der Waals surface area contributed by atoms with Crippen molar-refractivity contribution in [3.8, 4) is 29.0 Å². The fraction of sp³-hybridized carbons (Fsp3) is 0.182. The van der Waals surface area contributed by atoms with E-state index in [0.29, 0.717) is 22.9 Å². The second-order valence-electron chi connectivity index (χ2n) is 6.18. The number of aryl methyl sites for hydroxylation is 1. The number of ether oxygens (including phenoxy) is 3. The molecule has 0 aliphatic rings. The normalized spacial score (nSPS) is 10.6. The van der Waals surface area contributed by atoms with Gasteiger partial charge < -0.3 is 18.7 Å². The van der Waals surface area contributed by atoms with Gasteiger partial charge in [0.2, 0.25) is 5.82 Å². The van der Waals surface area contributed by atoms with Crippen LogP contribution in [0, 0.1) is 18.3 Å². The second-order valence-corrected chi connectivity index (χ2v) is 6.18. The Bertz CT molecular complexity index is 1080. The van der Waals surface area contributed by atoms with Crippen LogP contribution < -0.4 is 9.47 Å². The molecule has 0 unspecified atom stereocenters. The van der Waals surface area contributed by atoms with Crippen LogP contribution in [0.1, 0.15) is 17.0 Å². The largest absolute Gasteiger partial charge is 0.493 e. The van der Waals surface area contributed by atoms with Crippen LogP contribution in [-0.4, -0.2) is 29.8 Å². The number of nitriles is 1. The number of benzene rings is 2. The van der Waals surface area contributed by atoms with E-state index in [4.69, 9.17) is 24.0 Å². The van der Waals surface area contributed by atoms with E-state index in [9.17, 15) is 4.79 Å². The number of carbonyl (C=O) groups excluding carboxylic acids is 1. The van der Waals surface area contributed by atoms with Crippen molar-refractivity contribution in [2.24, 2.45) is 0 Å². The van der Waals surface area contributed by atoms with Crippen LogP contribution in [0.3, 0.4) is 0 Å². The lowest BCUT2D eigenvalue weighted by Crippen LogP contribution is -2.01. The lowest BCUT2D eigenvalue weighted by atomic mass is 10.1. The number of nitrogens with zero attached hydrogens (tertiary/aromatic N) is 3. The zero-order chi connectivity index (χ0) is 21.3. The summed E-state index contributed by atoms with van der Waals surface area (Å²) in [5.41, 5.74) is 2.65. The lowest BCUT2D eigenvalue weighted by molar-refractivity contribution is -0.139. The van der Waals surface area contributed by atoms with Crippen LogP contribution in [0.4, 0.5) is 0 Å². The first-order chi connectivity index (χ1) is 14.6. The number of hydrogen-bond donors (Lipinski definition) is 0. The molecule has 3 rings (SSSR count). The summed E-state index contributed by atoms with van der Waals surface area (Å²) in [4.78, 5) is 16.2. The molecule has 0 N–H and O–H groups in total. The summed E-state index contributed by atoms with van der Waals surface area (Å²) in [5.74, 6) is 0.971. The number of esters is 1. The average Bonchev–Trinajstić information content (AvgIpc) is 3.24. The average molecular weight is 405 g/mol. The van der Waals surface area contributed by atoms with Crippen molar-refractivity contribution in [3.63, 3.8) is 0 Å². The van der Waals surface area contributed by atoms with Crippen LogP contribution in [-0.2, 0) is 16.1 Å². The molecule has 0 bridgehead atoms. The van der Waals surface area contributed by atoms with E-state index in [1.807, 2.05) is 37.3 Å². The van der Waals surface area contributed by atoms with Crippen molar-refractivity contribution in [3.05, 3.63) is 65.6 Å². The molecule has 1 aromatic heterocycles. The maximum absolute atomic E-state index is 12.0. The predicted molar refractivity (Wildman–Crippen MR) is 107 cm³/mol. The lowest BCUT2D eigenvalue weighted by Gasteiger charge is -2.08. The van der Waals surface area contributed by atoms with Gasteiger partial charge in [-0.05, 0) is 30.7 Å². The summed E-state index contributed by atoms with van der Waals surface area (Å²) in [6.07, 6.45) is 2.85. The maximum atomic E-state index is 12.0. The van der Waals surface area contributed by atoms with Gasteiger partial charge in [0, 0.05) is 11.6 Å². The minimum atomic E-state index is -0.561. The predicted octanol–water partition coefficient (Wildman–Crippen LogP) is 3.71. The molecule has 8 heteroatoms. The Kier molecular flexibility index (Phi) is 6.79. The van der Waals surface area contributed by atoms with E-state index in [1.165, 1.54) is 13.2 Å². The molecule has 0 saturated heterocycles. The van der Waals surface area contributed by atoms with E-state index in [1.54, 1.807) is 24.3 Å². The highest BCUT2D eigenvalue weighted by molar-refractivity contribution is 5.87. The van der Waals surface area contributed by atoms with Crippen LogP contribution in [0.15, 0.2) is 53.1 Å². The van der Waals surface area contributed by atoms with Crippen molar-refractivity contribution in [1.29, 1.82) is 5.26 Å². The van der Waals surface area contributed by atoms with Crippen molar-refractivity contribution < 1.29 is 23.5 Å². The highest BCUT2D eigenvalue weighted by Gasteiger charge is 2.10. The molecule has 0 saturated carbocycles. The van der Waals surface area contributed by atoms with Gasteiger partial charge in [-0.3, -0.25) is 0 Å². The Morgan fingerprint density at radius 1 is 1.20 bits per heavy atom. The summed E-state index contributed by atoms with van der Waals surface area (Å²) in [7, 11) is 1.49. The maximum Gasteiger partial charge on any atom is 0.331 e. The van der Waals surface area contributed by atoms with Gasteiger partial charge >= 0.3 is 5.97 Å². The van der Waals surface area contributed by atoms with Crippen molar-refractivity contribution in [2.45, 2.75) is 13.5 Å². The summed E-state index contributed by atoms with van der Waals surface area (Å²) in [6, 6.07) is 14.6. The number of methoxy groups -OCH3 is 1. The monoisotopic (exact) mass is 405 g/mol. The molecule has 0 radical (unpaired) electrons. The second kappa shape index (κ2) is 9.89. The van der Waals surface area contributed by atoms with Gasteiger partial charge in [0.15, 0.2) is 24.7 Å². The van der Waals surface area contributed by atoms with Crippen molar-refractivity contribution in [2.75, 3.05) is 13.7 Å². The van der Waals surface area contributed by atoms with E-state index in [0.717, 1.165) is 11.1 Å². The molecule has 1 heterocycles. The third-order valence-corrected chi connectivity index (χ3v) is 4.01. The third-order valence-electron chi connectivity index (χ3n) is 4.01. The van der Waals surface area contributed by atoms with Crippen LogP contribution >= 0.6 is 0 Å². The van der Waals surface area contributed by atoms with E-state index in [2.05, 4.69) is 10.1 Å². The SMILES string of the molecule is COc1cc(/C=C/C(=O)OCc2nc(-c3ccc(C)cc3)no2)ccc1OCC#N. The first-order valence-corrected chi connectivity index (χ1v) is 9.01. The minimum Gasteiger partial charge on any atom is -0.493 e. The Morgan fingerprint density at radius 3 is 2.73 bits per heavy atom. The fourth-order valence-corrected chi connectivity index (χ4v) is 2.50. The summed E-state index contributed by atoms with van der Waals surface area (Å²) in [5, 5.41) is 12.5. The summed E-state index contributed by atoms with van der Waals surface area (Å²) < 4.78 is 20.7. The number of carbonyl (C=O) groups is 1. The Hall–Kier alpha value is -4.12. The topological polar surface area (TPSA) is 107 Å². The first kappa shape index (κ1) is 20.6. The molecule has 2 aromatic carbocycles. The molecular formula is C22H19N3O5.